The fraction of sp³-hybridized carbons (Fsp3) is 0.452. The molecule has 202 valence electrons. The van der Waals surface area contributed by atoms with Gasteiger partial charge in [0, 0.05) is 37.2 Å². The van der Waals surface area contributed by atoms with E-state index in [9.17, 15) is 0 Å². The van der Waals surface area contributed by atoms with E-state index in [0.717, 1.165) is 61.7 Å². The number of likely N-dealkylation sites (N-methyl/N-ethyl adjacent to an activating group) is 1. The molecule has 1 spiro atoms. The smallest absolute Gasteiger partial charge is 0.128 e. The fourth-order valence-electron chi connectivity index (χ4n) is 6.09. The molecule has 2 aromatic carbocycles. The van der Waals surface area contributed by atoms with Gasteiger partial charge in [0.2, 0.25) is 0 Å². The van der Waals surface area contributed by atoms with Gasteiger partial charge < -0.3 is 15.0 Å². The van der Waals surface area contributed by atoms with Crippen molar-refractivity contribution in [3.63, 3.8) is 0 Å². The number of halogens is 2. The van der Waals surface area contributed by atoms with Crippen LogP contribution in [-0.4, -0.2) is 56.3 Å². The first kappa shape index (κ1) is 27.3. The largest absolute Gasteiger partial charge is 0.493 e. The molecule has 1 N–H and O–H groups in total. The molecule has 0 radical (unpaired) electrons. The van der Waals surface area contributed by atoms with Crippen LogP contribution in [0.15, 0.2) is 54.6 Å². The van der Waals surface area contributed by atoms with E-state index in [2.05, 4.69) is 46.4 Å². The highest BCUT2D eigenvalue weighted by molar-refractivity contribution is 6.43. The van der Waals surface area contributed by atoms with Crippen molar-refractivity contribution in [1.29, 1.82) is 0 Å². The predicted octanol–water partition coefficient (Wildman–Crippen LogP) is 6.81. The first-order chi connectivity index (χ1) is 18.5. The van der Waals surface area contributed by atoms with E-state index in [0.29, 0.717) is 16.7 Å². The minimum Gasteiger partial charge on any atom is -0.493 e. The molecule has 0 atom stereocenters. The van der Waals surface area contributed by atoms with Gasteiger partial charge in [0.15, 0.2) is 0 Å². The molecular weight excluding hydrogens is 515 g/mol. The van der Waals surface area contributed by atoms with Crippen molar-refractivity contribution in [1.82, 2.24) is 15.2 Å². The normalized spacial score (nSPS) is 18.6. The van der Waals surface area contributed by atoms with Crippen LogP contribution in [0.1, 0.15) is 43.9 Å². The SMILES string of the molecule is C1CCNC1.CCOc1ccccc1-c1ccc2c(n1)CN(C)CC21CCN(c2cccc(Cl)c2Cl)CC1. The molecule has 0 aliphatic carbocycles. The summed E-state index contributed by atoms with van der Waals surface area (Å²) in [6.45, 7) is 8.96. The number of piperidine rings is 1. The number of nitrogens with zero attached hydrogens (tertiary/aromatic N) is 3. The van der Waals surface area contributed by atoms with Crippen LogP contribution in [0.25, 0.3) is 11.3 Å². The highest BCUT2D eigenvalue weighted by Crippen LogP contribution is 2.44. The maximum Gasteiger partial charge on any atom is 0.128 e. The molecule has 0 unspecified atom stereocenters. The van der Waals surface area contributed by atoms with Gasteiger partial charge >= 0.3 is 0 Å². The van der Waals surface area contributed by atoms with Crippen LogP contribution in [0.5, 0.6) is 5.75 Å². The Hall–Kier alpha value is -2.31. The summed E-state index contributed by atoms with van der Waals surface area (Å²) in [5, 5.41) is 4.48. The van der Waals surface area contributed by atoms with Gasteiger partial charge in [-0.3, -0.25) is 9.88 Å². The lowest BCUT2D eigenvalue weighted by molar-refractivity contribution is 0.178. The van der Waals surface area contributed by atoms with Crippen molar-refractivity contribution in [2.45, 2.75) is 44.6 Å². The van der Waals surface area contributed by atoms with Crippen LogP contribution in [-0.2, 0) is 12.0 Å². The van der Waals surface area contributed by atoms with Gasteiger partial charge in [-0.25, -0.2) is 0 Å². The number of nitrogens with one attached hydrogen (secondary N) is 1. The summed E-state index contributed by atoms with van der Waals surface area (Å²) in [4.78, 5) is 9.94. The number of hydrogen-bond acceptors (Lipinski definition) is 5. The topological polar surface area (TPSA) is 40.6 Å². The minimum atomic E-state index is 0.106. The molecule has 3 aromatic rings. The first-order valence-electron chi connectivity index (χ1n) is 13.8. The van der Waals surface area contributed by atoms with Crippen molar-refractivity contribution >= 4 is 28.9 Å². The molecule has 1 aromatic heterocycles. The molecule has 5 nitrogen and oxygen atoms in total. The number of anilines is 1. The highest BCUT2D eigenvalue weighted by atomic mass is 35.5. The predicted molar refractivity (Wildman–Crippen MR) is 159 cm³/mol. The number of para-hydroxylation sites is 1. The lowest BCUT2D eigenvalue weighted by Crippen LogP contribution is -2.51. The molecule has 3 aliphatic heterocycles. The van der Waals surface area contributed by atoms with Crippen LogP contribution in [0.3, 0.4) is 0 Å². The van der Waals surface area contributed by atoms with E-state index in [-0.39, 0.29) is 5.41 Å². The Bertz CT molecular complexity index is 1230. The van der Waals surface area contributed by atoms with Crippen LogP contribution in [0.4, 0.5) is 5.69 Å². The maximum atomic E-state index is 6.52. The Kier molecular flexibility index (Phi) is 8.79. The monoisotopic (exact) mass is 552 g/mol. The molecule has 3 aliphatic rings. The van der Waals surface area contributed by atoms with Crippen molar-refractivity contribution in [3.8, 4) is 17.0 Å². The molecule has 38 heavy (non-hydrogen) atoms. The van der Waals surface area contributed by atoms with Crippen molar-refractivity contribution in [3.05, 3.63) is 75.9 Å². The minimum absolute atomic E-state index is 0.106. The Morgan fingerprint density at radius 3 is 2.45 bits per heavy atom. The van der Waals surface area contributed by atoms with E-state index >= 15 is 0 Å². The molecule has 2 saturated heterocycles. The van der Waals surface area contributed by atoms with Gasteiger partial charge in [-0.2, -0.15) is 0 Å². The zero-order valence-corrected chi connectivity index (χ0v) is 24.0. The fourth-order valence-corrected chi connectivity index (χ4v) is 6.51. The molecule has 2 fully saturated rings. The third kappa shape index (κ3) is 5.81. The van der Waals surface area contributed by atoms with Crippen molar-refractivity contribution < 1.29 is 4.74 Å². The van der Waals surface area contributed by atoms with E-state index < -0.39 is 0 Å². The highest BCUT2D eigenvalue weighted by Gasteiger charge is 2.42. The summed E-state index contributed by atoms with van der Waals surface area (Å²) >= 11 is 12.8. The van der Waals surface area contributed by atoms with Crippen LogP contribution >= 0.6 is 23.2 Å². The number of pyridine rings is 1. The maximum absolute atomic E-state index is 6.52. The first-order valence-corrected chi connectivity index (χ1v) is 14.6. The summed E-state index contributed by atoms with van der Waals surface area (Å²) in [7, 11) is 2.20. The summed E-state index contributed by atoms with van der Waals surface area (Å²) in [6, 6.07) is 18.5. The average molecular weight is 554 g/mol. The quantitative estimate of drug-likeness (QED) is 0.385. The third-order valence-corrected chi connectivity index (χ3v) is 8.76. The lowest BCUT2D eigenvalue weighted by atomic mass is 9.70. The van der Waals surface area contributed by atoms with E-state index in [1.54, 1.807) is 0 Å². The average Bonchev–Trinajstić information content (AvgIpc) is 3.52. The Labute approximate surface area is 237 Å². The number of rotatable bonds is 4. The zero-order chi connectivity index (χ0) is 26.5. The van der Waals surface area contributed by atoms with Gasteiger partial charge in [0.1, 0.15) is 5.75 Å². The van der Waals surface area contributed by atoms with E-state index in [1.807, 2.05) is 37.3 Å². The number of ether oxygens (including phenoxy) is 1. The second kappa shape index (κ2) is 12.3. The Morgan fingerprint density at radius 1 is 0.974 bits per heavy atom. The number of hydrogen-bond donors (Lipinski definition) is 1. The van der Waals surface area contributed by atoms with Crippen LogP contribution in [0.2, 0.25) is 10.0 Å². The van der Waals surface area contributed by atoms with Crippen LogP contribution in [0, 0.1) is 0 Å². The Morgan fingerprint density at radius 2 is 1.74 bits per heavy atom. The number of benzene rings is 2. The number of aromatic nitrogens is 1. The van der Waals surface area contributed by atoms with E-state index in [1.165, 1.54) is 37.2 Å². The van der Waals surface area contributed by atoms with Gasteiger partial charge in [-0.1, -0.05) is 47.5 Å². The van der Waals surface area contributed by atoms with Crippen LogP contribution < -0.4 is 15.0 Å². The third-order valence-electron chi connectivity index (χ3n) is 7.95. The summed E-state index contributed by atoms with van der Waals surface area (Å²) in [6.07, 6.45) is 4.90. The molecule has 0 bridgehead atoms. The van der Waals surface area contributed by atoms with Gasteiger partial charge in [0.25, 0.3) is 0 Å². The summed E-state index contributed by atoms with van der Waals surface area (Å²) in [5.41, 5.74) is 5.75. The second-order valence-corrected chi connectivity index (χ2v) is 11.4. The van der Waals surface area contributed by atoms with Gasteiger partial charge in [-0.15, -0.1) is 0 Å². The standard InChI is InChI=1S/C27H29Cl2N3O.C4H9N/c1-3-33-25-10-5-4-7-19(25)22-12-11-20-23(30-22)17-31(2)18-27(20)13-15-32(16-14-27)24-9-6-8-21(28)26(24)29;1-2-4-5-3-1/h4-12H,3,13-18H2,1-2H3;5H,1-4H2. The Balaban J connectivity index is 0.000000529. The van der Waals surface area contributed by atoms with E-state index in [4.69, 9.17) is 32.9 Å². The molecule has 0 saturated carbocycles. The second-order valence-electron chi connectivity index (χ2n) is 10.6. The molecule has 0 amide bonds. The molecule has 7 heteroatoms. The molecular formula is C31H38Cl2N4O. The summed E-state index contributed by atoms with van der Waals surface area (Å²) < 4.78 is 5.86. The number of fused-ring (bicyclic) bond motifs is 2. The van der Waals surface area contributed by atoms with Gasteiger partial charge in [-0.05, 0) is 88.6 Å². The summed E-state index contributed by atoms with van der Waals surface area (Å²) in [5.74, 6) is 0.887. The van der Waals surface area contributed by atoms with Crippen molar-refractivity contribution in [2.24, 2.45) is 0 Å². The molecule has 4 heterocycles. The lowest BCUT2D eigenvalue weighted by Gasteiger charge is -2.48. The van der Waals surface area contributed by atoms with Gasteiger partial charge in [0.05, 0.1) is 33.7 Å². The molecule has 6 rings (SSSR count). The zero-order valence-electron chi connectivity index (χ0n) is 22.5. The van der Waals surface area contributed by atoms with Crippen molar-refractivity contribution in [2.75, 3.05) is 51.3 Å².